The van der Waals surface area contributed by atoms with Crippen molar-refractivity contribution in [2.24, 2.45) is 0 Å². The molecular weight excluding hydrogens is 395 g/mol. The Kier molecular flexibility index (Phi) is 5.78. The molecule has 0 unspecified atom stereocenters. The Balaban J connectivity index is 2.41. The molecule has 1 N–H and O–H groups in total. The van der Waals surface area contributed by atoms with E-state index >= 15 is 0 Å². The average Bonchev–Trinajstić information content (AvgIpc) is 2.69. The lowest BCUT2D eigenvalue weighted by molar-refractivity contribution is -0.136. The smallest absolute Gasteiger partial charge is 0.417 e. The second kappa shape index (κ2) is 8.14. The van der Waals surface area contributed by atoms with Gasteiger partial charge in [-0.1, -0.05) is 12.1 Å². The van der Waals surface area contributed by atoms with Crippen molar-refractivity contribution >= 4 is 22.2 Å². The molecule has 0 aliphatic heterocycles. The van der Waals surface area contributed by atoms with Gasteiger partial charge in [-0.3, -0.25) is 9.78 Å². The van der Waals surface area contributed by atoms with E-state index in [4.69, 9.17) is 10.1 Å². The van der Waals surface area contributed by atoms with Crippen molar-refractivity contribution < 1.29 is 17.9 Å². The van der Waals surface area contributed by atoms with Gasteiger partial charge in [0.15, 0.2) is 0 Å². The number of aromatic nitrogens is 2. The first-order chi connectivity index (χ1) is 14.2. The molecule has 2 heterocycles. The summed E-state index contributed by atoms with van der Waals surface area (Å²) in [4.78, 5) is 16.8. The molecule has 0 aliphatic rings. The van der Waals surface area contributed by atoms with E-state index in [1.807, 2.05) is 0 Å². The van der Waals surface area contributed by atoms with E-state index in [-0.39, 0.29) is 28.9 Å². The van der Waals surface area contributed by atoms with Gasteiger partial charge in [0.2, 0.25) is 0 Å². The van der Waals surface area contributed by atoms with E-state index < -0.39 is 17.3 Å². The lowest BCUT2D eigenvalue weighted by atomic mass is 9.96. The van der Waals surface area contributed by atoms with Gasteiger partial charge < -0.3 is 14.7 Å². The van der Waals surface area contributed by atoms with E-state index in [0.717, 1.165) is 0 Å². The van der Waals surface area contributed by atoms with Gasteiger partial charge in [0.05, 0.1) is 30.4 Å². The minimum atomic E-state index is -4.72. The molecule has 8 heteroatoms. The van der Waals surface area contributed by atoms with Crippen molar-refractivity contribution in [3.63, 3.8) is 0 Å². The van der Waals surface area contributed by atoms with Gasteiger partial charge in [-0.2, -0.15) is 13.2 Å². The fraction of sp³-hybridized carbons (Fsp3) is 0.227. The Bertz CT molecular complexity index is 1200. The van der Waals surface area contributed by atoms with Crippen molar-refractivity contribution in [2.75, 3.05) is 7.11 Å². The molecule has 156 valence electrons. The van der Waals surface area contributed by atoms with Crippen LogP contribution in [0.25, 0.3) is 16.5 Å². The maximum absolute atomic E-state index is 13.8. The fourth-order valence-electron chi connectivity index (χ4n) is 3.41. The number of allylic oxidation sites excluding steroid dienone is 2. The average molecular weight is 415 g/mol. The number of ether oxygens (including phenoxy) is 1. The van der Waals surface area contributed by atoms with Gasteiger partial charge >= 0.3 is 6.18 Å². The van der Waals surface area contributed by atoms with E-state index in [0.29, 0.717) is 22.9 Å². The monoisotopic (exact) mass is 415 g/mol. The summed E-state index contributed by atoms with van der Waals surface area (Å²) in [5.41, 5.74) is -0.206. The summed E-state index contributed by atoms with van der Waals surface area (Å²) in [6.45, 7) is 3.26. The van der Waals surface area contributed by atoms with Crippen LogP contribution in [0.15, 0.2) is 53.5 Å². The molecule has 0 fully saturated rings. The Morgan fingerprint density at radius 3 is 2.53 bits per heavy atom. The van der Waals surface area contributed by atoms with Crippen molar-refractivity contribution in [2.45, 2.75) is 26.6 Å². The number of benzene rings is 1. The van der Waals surface area contributed by atoms with Crippen LogP contribution in [0, 0.1) is 5.41 Å². The summed E-state index contributed by atoms with van der Waals surface area (Å²) in [6, 6.07) is 8.50. The van der Waals surface area contributed by atoms with Crippen LogP contribution >= 0.6 is 0 Å². The lowest BCUT2D eigenvalue weighted by Crippen LogP contribution is -2.24. The topological polar surface area (TPSA) is 68.0 Å². The van der Waals surface area contributed by atoms with Crippen LogP contribution in [0.3, 0.4) is 0 Å². The van der Waals surface area contributed by atoms with Gasteiger partial charge in [-0.15, -0.1) is 0 Å². The maximum atomic E-state index is 13.8. The van der Waals surface area contributed by atoms with Crippen LogP contribution in [0.2, 0.25) is 0 Å². The van der Waals surface area contributed by atoms with Crippen LogP contribution in [0.1, 0.15) is 30.7 Å². The van der Waals surface area contributed by atoms with Crippen LogP contribution < -0.4 is 10.3 Å². The lowest BCUT2D eigenvalue weighted by Gasteiger charge is -2.19. The second-order valence-corrected chi connectivity index (χ2v) is 6.70. The first-order valence-corrected chi connectivity index (χ1v) is 9.12. The molecule has 0 saturated heterocycles. The number of nitrogens with one attached hydrogen (secondary N) is 1. The first kappa shape index (κ1) is 21.3. The molecule has 0 radical (unpaired) electrons. The molecular formula is C22H20F3N3O2. The van der Waals surface area contributed by atoms with Crippen LogP contribution in [0.4, 0.5) is 13.2 Å². The zero-order valence-electron chi connectivity index (χ0n) is 16.7. The third-order valence-corrected chi connectivity index (χ3v) is 4.77. The summed E-state index contributed by atoms with van der Waals surface area (Å²) in [5.74, 6) is 0.274. The number of fused-ring (bicyclic) bond motifs is 1. The number of halogens is 3. The highest BCUT2D eigenvalue weighted by atomic mass is 19.4. The summed E-state index contributed by atoms with van der Waals surface area (Å²) in [7, 11) is 1.39. The van der Waals surface area contributed by atoms with Gasteiger partial charge in [0.25, 0.3) is 5.56 Å². The van der Waals surface area contributed by atoms with Gasteiger partial charge in [-0.05, 0) is 32.0 Å². The number of hydrogen-bond acceptors (Lipinski definition) is 4. The highest BCUT2D eigenvalue weighted by molar-refractivity contribution is 6.22. The van der Waals surface area contributed by atoms with Gasteiger partial charge in [0, 0.05) is 40.6 Å². The quantitative estimate of drug-likeness (QED) is 0.602. The van der Waals surface area contributed by atoms with Crippen molar-refractivity contribution in [3.8, 4) is 5.75 Å². The molecule has 3 rings (SSSR count). The number of hydrogen-bond donors (Lipinski definition) is 1. The van der Waals surface area contributed by atoms with Crippen LogP contribution in [-0.2, 0) is 12.7 Å². The number of methoxy groups -OCH3 is 1. The summed E-state index contributed by atoms with van der Waals surface area (Å²) < 4.78 is 47.9. The number of alkyl halides is 3. The predicted octanol–water partition coefficient (Wildman–Crippen LogP) is 4.92. The summed E-state index contributed by atoms with van der Waals surface area (Å²) in [6.07, 6.45) is -1.52. The third kappa shape index (κ3) is 3.98. The number of rotatable bonds is 5. The Hall–Kier alpha value is -3.42. The fourth-order valence-corrected chi connectivity index (χ4v) is 3.41. The molecule has 0 amide bonds. The zero-order valence-corrected chi connectivity index (χ0v) is 16.7. The molecule has 1 aromatic carbocycles. The minimum absolute atomic E-state index is 0.0108. The molecule has 30 heavy (non-hydrogen) atoms. The molecule has 0 bridgehead atoms. The van der Waals surface area contributed by atoms with E-state index in [9.17, 15) is 18.0 Å². The normalized spacial score (nSPS) is 12.3. The maximum Gasteiger partial charge on any atom is 0.417 e. The Labute approximate surface area is 171 Å². The predicted molar refractivity (Wildman–Crippen MR) is 110 cm³/mol. The van der Waals surface area contributed by atoms with Crippen molar-refractivity contribution in [1.82, 2.24) is 9.55 Å². The van der Waals surface area contributed by atoms with Crippen molar-refractivity contribution in [1.29, 1.82) is 5.41 Å². The van der Waals surface area contributed by atoms with E-state index in [1.165, 1.54) is 23.8 Å². The van der Waals surface area contributed by atoms with Gasteiger partial charge in [-0.25, -0.2) is 0 Å². The van der Waals surface area contributed by atoms with Crippen LogP contribution in [0.5, 0.6) is 5.75 Å². The van der Waals surface area contributed by atoms with E-state index in [2.05, 4.69) is 4.98 Å². The largest absolute Gasteiger partial charge is 0.496 e. The highest BCUT2D eigenvalue weighted by Gasteiger charge is 2.34. The molecule has 0 atom stereocenters. The summed E-state index contributed by atoms with van der Waals surface area (Å²) >= 11 is 0. The third-order valence-electron chi connectivity index (χ3n) is 4.77. The standard InChI is InChI=1S/C22H20F3N3O2/c1-4-15(13(2)26)16-9-17-18(22(23,24)25)10-21(29)28(19(17)11-20(16)30-3)12-14-7-5-6-8-27-14/h4-11,26H,12H2,1-3H3. The second-order valence-electron chi connectivity index (χ2n) is 6.70. The summed E-state index contributed by atoms with van der Waals surface area (Å²) in [5, 5.41) is 7.82. The Morgan fingerprint density at radius 1 is 1.27 bits per heavy atom. The molecule has 0 aliphatic carbocycles. The molecule has 2 aromatic heterocycles. The molecule has 3 aromatic rings. The number of nitrogens with zero attached hydrogens (tertiary/aromatic N) is 2. The van der Waals surface area contributed by atoms with Gasteiger partial charge in [0.1, 0.15) is 5.75 Å². The molecule has 5 nitrogen and oxygen atoms in total. The first-order valence-electron chi connectivity index (χ1n) is 9.12. The molecule has 0 spiro atoms. The highest BCUT2D eigenvalue weighted by Crippen LogP contribution is 2.38. The SMILES string of the molecule is CC=C(C(C)=N)c1cc2c(C(F)(F)F)cc(=O)n(Cc3ccccn3)c2cc1OC. The van der Waals surface area contributed by atoms with Crippen molar-refractivity contribution in [3.05, 3.63) is 75.8 Å². The van der Waals surface area contributed by atoms with Crippen LogP contribution in [-0.4, -0.2) is 22.4 Å². The Morgan fingerprint density at radius 2 is 2.00 bits per heavy atom. The molecule has 0 saturated carbocycles. The van der Waals surface area contributed by atoms with E-state index in [1.54, 1.807) is 44.3 Å². The number of pyridine rings is 2. The zero-order chi connectivity index (χ0) is 22.1. The minimum Gasteiger partial charge on any atom is -0.496 e.